The normalized spacial score (nSPS) is 10.0. The summed E-state index contributed by atoms with van der Waals surface area (Å²) in [6, 6.07) is 4.55. The van der Waals surface area contributed by atoms with Crippen LogP contribution >= 0.6 is 11.3 Å². The number of aromatic amines is 1. The molecule has 0 aliphatic heterocycles. The second kappa shape index (κ2) is 7.92. The molecule has 3 aromatic rings. The quantitative estimate of drug-likeness (QED) is 0.357. The van der Waals surface area contributed by atoms with Crippen molar-refractivity contribution in [3.05, 3.63) is 55.3 Å². The van der Waals surface area contributed by atoms with Crippen LogP contribution in [0.1, 0.15) is 20.2 Å². The summed E-state index contributed by atoms with van der Waals surface area (Å²) >= 11 is 0.800. The van der Waals surface area contributed by atoms with Crippen LogP contribution in [0.15, 0.2) is 33.9 Å². The first-order valence-electron chi connectivity index (χ1n) is 5.95. The number of aromatic carboxylic acids is 2. The van der Waals surface area contributed by atoms with Crippen LogP contribution in [-0.2, 0) is 0 Å². The molecule has 0 amide bonds. The summed E-state index contributed by atoms with van der Waals surface area (Å²) in [4.78, 5) is 48.2. The number of aromatic nitrogens is 1. The van der Waals surface area contributed by atoms with E-state index >= 15 is 0 Å². The molecule has 1 aromatic carbocycles. The smallest absolute Gasteiger partial charge is 0.544 e. The molecule has 2 aromatic heterocycles. The summed E-state index contributed by atoms with van der Waals surface area (Å²) in [5.74, 6) is -3.03. The van der Waals surface area contributed by atoms with Crippen molar-refractivity contribution in [2.24, 2.45) is 0 Å². The van der Waals surface area contributed by atoms with Crippen molar-refractivity contribution in [2.45, 2.75) is 0 Å². The van der Waals surface area contributed by atoms with Gasteiger partial charge in [0.05, 0.1) is 38.8 Å². The Morgan fingerprint density at radius 1 is 0.917 bits per heavy atom. The standard InChI is InChI=1S/C14H7NO6S.2Na/c16-7-3-6(13(18)19)15-5-1-2-9-12(11(5)7)8(17)4-10(22-9)14(20)21;;/h1-4H,(H,15,16)(H,18,19)(H,20,21);;/q;2*+1/p-2. The van der Waals surface area contributed by atoms with E-state index in [4.69, 9.17) is 0 Å². The Morgan fingerprint density at radius 3 is 2.12 bits per heavy atom. The van der Waals surface area contributed by atoms with E-state index < -0.39 is 28.5 Å². The Balaban J connectivity index is 0.00000144. The minimum absolute atomic E-state index is 0. The van der Waals surface area contributed by atoms with Gasteiger partial charge in [-0.2, -0.15) is 0 Å². The topological polar surface area (TPSA) is 130 Å². The van der Waals surface area contributed by atoms with Crippen LogP contribution in [0.4, 0.5) is 0 Å². The molecule has 0 spiro atoms. The summed E-state index contributed by atoms with van der Waals surface area (Å²) in [5.41, 5.74) is -1.56. The Labute approximate surface area is 181 Å². The SMILES string of the molecule is O=C([O-])c1cc(=O)c2c(ccc3sc(C(=O)[O-])cc(=O)c32)[nH]1.[Na+].[Na+]. The Bertz CT molecular complexity index is 1000. The maximum absolute atomic E-state index is 12.1. The average Bonchev–Trinajstić information content (AvgIpc) is 2.46. The molecule has 0 saturated carbocycles. The predicted octanol–water partition coefficient (Wildman–Crippen LogP) is -7.16. The van der Waals surface area contributed by atoms with Crippen LogP contribution < -0.4 is 80.2 Å². The van der Waals surface area contributed by atoms with Gasteiger partial charge >= 0.3 is 59.1 Å². The van der Waals surface area contributed by atoms with Gasteiger partial charge in [0.1, 0.15) is 0 Å². The number of carboxylic acid groups (broad SMARTS) is 2. The Morgan fingerprint density at radius 2 is 1.54 bits per heavy atom. The number of nitrogens with one attached hydrogen (secondary N) is 1. The summed E-state index contributed by atoms with van der Waals surface area (Å²) in [7, 11) is 0. The van der Waals surface area contributed by atoms with Crippen LogP contribution in [0.2, 0.25) is 0 Å². The molecule has 0 atom stereocenters. The molecule has 7 nitrogen and oxygen atoms in total. The van der Waals surface area contributed by atoms with E-state index in [1.54, 1.807) is 0 Å². The van der Waals surface area contributed by atoms with Crippen molar-refractivity contribution in [3.63, 3.8) is 0 Å². The summed E-state index contributed by atoms with van der Waals surface area (Å²) in [6.45, 7) is 0. The van der Waals surface area contributed by atoms with Gasteiger partial charge in [-0.3, -0.25) is 9.59 Å². The molecule has 0 fully saturated rings. The molecule has 24 heavy (non-hydrogen) atoms. The minimum atomic E-state index is -1.54. The number of carbonyl (C=O) groups excluding carboxylic acids is 2. The van der Waals surface area contributed by atoms with Crippen LogP contribution in [0.25, 0.3) is 21.0 Å². The fraction of sp³-hybridized carbons (Fsp3) is 0. The Hall–Kier alpha value is -1.00. The van der Waals surface area contributed by atoms with Crippen molar-refractivity contribution in [1.29, 1.82) is 0 Å². The van der Waals surface area contributed by atoms with Crippen molar-refractivity contribution >= 4 is 44.3 Å². The van der Waals surface area contributed by atoms with Gasteiger partial charge in [-0.15, -0.1) is 11.3 Å². The zero-order valence-electron chi connectivity index (χ0n) is 12.7. The maximum Gasteiger partial charge on any atom is 1.00 e. The molecule has 3 rings (SSSR count). The zero-order chi connectivity index (χ0) is 16.0. The number of hydrogen-bond acceptors (Lipinski definition) is 7. The molecule has 2 heterocycles. The third-order valence-corrected chi connectivity index (χ3v) is 4.17. The van der Waals surface area contributed by atoms with Crippen molar-refractivity contribution in [2.75, 3.05) is 0 Å². The molecule has 0 bridgehead atoms. The molecular formula is C14H5NNa2O6S. The number of carboxylic acids is 2. The molecule has 10 heteroatoms. The molecule has 0 radical (unpaired) electrons. The minimum Gasteiger partial charge on any atom is -0.544 e. The van der Waals surface area contributed by atoms with E-state index in [1.807, 2.05) is 0 Å². The number of rotatable bonds is 2. The van der Waals surface area contributed by atoms with Gasteiger partial charge in [0.25, 0.3) is 0 Å². The summed E-state index contributed by atoms with van der Waals surface area (Å²) in [5, 5.41) is 21.7. The monoisotopic (exact) mass is 361 g/mol. The molecule has 0 aliphatic rings. The van der Waals surface area contributed by atoms with E-state index in [2.05, 4.69) is 4.98 Å². The van der Waals surface area contributed by atoms with E-state index in [0.717, 1.165) is 23.5 Å². The first kappa shape index (κ1) is 21.0. The molecule has 0 unspecified atom stereocenters. The van der Waals surface area contributed by atoms with Gasteiger partial charge in [0.2, 0.25) is 0 Å². The molecule has 0 saturated heterocycles. The van der Waals surface area contributed by atoms with Gasteiger partial charge in [-0.25, -0.2) is 0 Å². The van der Waals surface area contributed by atoms with Crippen molar-refractivity contribution in [1.82, 2.24) is 4.98 Å². The molecule has 1 N–H and O–H groups in total. The van der Waals surface area contributed by atoms with Gasteiger partial charge < -0.3 is 24.8 Å². The van der Waals surface area contributed by atoms with Gasteiger partial charge in [0, 0.05) is 16.8 Å². The Kier molecular flexibility index (Phi) is 6.94. The van der Waals surface area contributed by atoms with E-state index in [9.17, 15) is 29.4 Å². The van der Waals surface area contributed by atoms with E-state index in [-0.39, 0.29) is 80.3 Å². The molecule has 110 valence electrons. The van der Waals surface area contributed by atoms with Crippen molar-refractivity contribution in [3.8, 4) is 0 Å². The number of H-pyrrole nitrogens is 1. The first-order valence-corrected chi connectivity index (χ1v) is 6.76. The fourth-order valence-corrected chi connectivity index (χ4v) is 3.13. The number of carbonyl (C=O) groups is 2. The second-order valence-corrected chi connectivity index (χ2v) is 5.54. The second-order valence-electron chi connectivity index (χ2n) is 4.46. The van der Waals surface area contributed by atoms with E-state index in [0.29, 0.717) is 4.70 Å². The molecular weight excluding hydrogens is 356 g/mol. The predicted molar refractivity (Wildman–Crippen MR) is 74.9 cm³/mol. The first-order chi connectivity index (χ1) is 10.4. The third-order valence-electron chi connectivity index (χ3n) is 3.11. The number of benzene rings is 1. The number of pyridine rings is 1. The number of fused-ring (bicyclic) bond motifs is 3. The summed E-state index contributed by atoms with van der Waals surface area (Å²) < 4.78 is 0.297. The van der Waals surface area contributed by atoms with Gasteiger partial charge in [-0.1, -0.05) is 0 Å². The van der Waals surface area contributed by atoms with E-state index in [1.165, 1.54) is 12.1 Å². The largest absolute Gasteiger partial charge is 1.00 e. The van der Waals surface area contributed by atoms with Crippen LogP contribution in [0, 0.1) is 0 Å². The maximum atomic E-state index is 12.1. The van der Waals surface area contributed by atoms with Crippen LogP contribution in [0.5, 0.6) is 0 Å². The fourth-order valence-electron chi connectivity index (χ4n) is 2.21. The zero-order valence-corrected chi connectivity index (χ0v) is 17.5. The summed E-state index contributed by atoms with van der Waals surface area (Å²) in [6.07, 6.45) is 0. The van der Waals surface area contributed by atoms with Gasteiger partial charge in [-0.05, 0) is 12.1 Å². The third kappa shape index (κ3) is 3.65. The molecule has 0 aliphatic carbocycles. The van der Waals surface area contributed by atoms with Crippen LogP contribution in [-0.4, -0.2) is 16.9 Å². The number of hydrogen-bond donors (Lipinski definition) is 1. The average molecular weight is 361 g/mol. The van der Waals surface area contributed by atoms with Gasteiger partial charge in [0.15, 0.2) is 10.9 Å². The van der Waals surface area contributed by atoms with Crippen molar-refractivity contribution < 1.29 is 78.9 Å². The van der Waals surface area contributed by atoms with Crippen LogP contribution in [0.3, 0.4) is 0 Å².